The molecule has 0 bridgehead atoms. The smallest absolute Gasteiger partial charge is 0.159 e. The second-order valence-corrected chi connectivity index (χ2v) is 11.6. The van der Waals surface area contributed by atoms with E-state index in [-0.39, 0.29) is 34.6 Å². The molecule has 3 heteroatoms. The molecule has 0 aromatic carbocycles. The SMILES string of the molecule is CC(C)C(=O)/C=C/[C@@H](C)[C@H]1CC[C@@H]2[C@@H]3C(=O)C=C4C[C@@H](O)CC[C@]4(C)[C@H]3CC[C@@]21C. The van der Waals surface area contributed by atoms with Gasteiger partial charge < -0.3 is 5.11 Å². The predicted molar refractivity (Wildman–Crippen MR) is 120 cm³/mol. The summed E-state index contributed by atoms with van der Waals surface area (Å²) in [7, 11) is 0. The Hall–Kier alpha value is -1.22. The third kappa shape index (κ3) is 3.36. The van der Waals surface area contributed by atoms with Gasteiger partial charge in [0, 0.05) is 11.8 Å². The van der Waals surface area contributed by atoms with Crippen LogP contribution in [-0.4, -0.2) is 22.8 Å². The van der Waals surface area contributed by atoms with E-state index in [1.165, 1.54) is 12.0 Å². The highest BCUT2D eigenvalue weighted by atomic mass is 16.3. The zero-order chi connectivity index (χ0) is 21.8. The number of fused-ring (bicyclic) bond motifs is 5. The minimum absolute atomic E-state index is 0.0476. The summed E-state index contributed by atoms with van der Waals surface area (Å²) in [4.78, 5) is 25.5. The first-order valence-electron chi connectivity index (χ1n) is 12.2. The lowest BCUT2D eigenvalue weighted by molar-refractivity contribution is -0.134. The van der Waals surface area contributed by atoms with E-state index in [2.05, 4.69) is 26.8 Å². The maximum Gasteiger partial charge on any atom is 0.159 e. The molecule has 0 spiro atoms. The number of aliphatic hydroxyl groups excluding tert-OH is 1. The molecule has 3 saturated carbocycles. The van der Waals surface area contributed by atoms with E-state index in [0.29, 0.717) is 35.9 Å². The molecule has 0 unspecified atom stereocenters. The van der Waals surface area contributed by atoms with Crippen molar-refractivity contribution in [3.8, 4) is 0 Å². The molecule has 4 aliphatic rings. The topological polar surface area (TPSA) is 54.4 Å². The van der Waals surface area contributed by atoms with Crippen molar-refractivity contribution in [1.29, 1.82) is 0 Å². The molecule has 0 heterocycles. The van der Waals surface area contributed by atoms with Gasteiger partial charge in [0.1, 0.15) is 0 Å². The number of hydrogen-bond acceptors (Lipinski definition) is 3. The Balaban J connectivity index is 1.59. The minimum Gasteiger partial charge on any atom is -0.393 e. The molecule has 0 aromatic rings. The van der Waals surface area contributed by atoms with Crippen LogP contribution in [0.4, 0.5) is 0 Å². The summed E-state index contributed by atoms with van der Waals surface area (Å²) in [6.45, 7) is 11.0. The summed E-state index contributed by atoms with van der Waals surface area (Å²) in [6, 6.07) is 0. The normalized spacial score (nSPS) is 44.4. The lowest BCUT2D eigenvalue weighted by Crippen LogP contribution is -2.53. The van der Waals surface area contributed by atoms with Crippen LogP contribution in [0.3, 0.4) is 0 Å². The fraction of sp³-hybridized carbons (Fsp3) is 0.778. The Labute approximate surface area is 182 Å². The van der Waals surface area contributed by atoms with Crippen LogP contribution < -0.4 is 0 Å². The van der Waals surface area contributed by atoms with E-state index in [4.69, 9.17) is 0 Å². The first-order valence-corrected chi connectivity index (χ1v) is 12.2. The third-order valence-corrected chi connectivity index (χ3v) is 9.76. The van der Waals surface area contributed by atoms with Crippen molar-refractivity contribution in [2.24, 2.45) is 46.3 Å². The molecule has 4 rings (SSSR count). The van der Waals surface area contributed by atoms with Crippen LogP contribution in [-0.2, 0) is 9.59 Å². The van der Waals surface area contributed by atoms with Gasteiger partial charge in [-0.1, -0.05) is 46.3 Å². The lowest BCUT2D eigenvalue weighted by Gasteiger charge is -2.57. The quantitative estimate of drug-likeness (QED) is 0.618. The molecule has 3 fully saturated rings. The van der Waals surface area contributed by atoms with Crippen LogP contribution in [0.2, 0.25) is 0 Å². The average Bonchev–Trinajstić information content (AvgIpc) is 3.04. The Morgan fingerprint density at radius 1 is 1.10 bits per heavy atom. The van der Waals surface area contributed by atoms with Gasteiger partial charge in [0.15, 0.2) is 11.6 Å². The highest BCUT2D eigenvalue weighted by Crippen LogP contribution is 2.66. The van der Waals surface area contributed by atoms with E-state index in [1.54, 1.807) is 6.08 Å². The molecule has 8 atom stereocenters. The van der Waals surface area contributed by atoms with E-state index in [9.17, 15) is 14.7 Å². The van der Waals surface area contributed by atoms with Crippen molar-refractivity contribution in [3.63, 3.8) is 0 Å². The number of aliphatic hydroxyl groups is 1. The maximum atomic E-state index is 13.4. The highest BCUT2D eigenvalue weighted by molar-refractivity contribution is 5.94. The number of hydrogen-bond donors (Lipinski definition) is 1. The van der Waals surface area contributed by atoms with Crippen LogP contribution >= 0.6 is 0 Å². The summed E-state index contributed by atoms with van der Waals surface area (Å²) in [5.41, 5.74) is 1.48. The van der Waals surface area contributed by atoms with Crippen LogP contribution in [0.15, 0.2) is 23.8 Å². The second kappa shape index (κ2) is 7.73. The van der Waals surface area contributed by atoms with E-state index in [1.807, 2.05) is 19.9 Å². The van der Waals surface area contributed by atoms with Gasteiger partial charge in [-0.25, -0.2) is 0 Å². The number of allylic oxidation sites excluding steroid dienone is 3. The Morgan fingerprint density at radius 3 is 2.53 bits per heavy atom. The van der Waals surface area contributed by atoms with Gasteiger partial charge in [-0.05, 0) is 91.6 Å². The van der Waals surface area contributed by atoms with Crippen LogP contribution in [0.25, 0.3) is 0 Å². The molecule has 0 saturated heterocycles. The molecule has 4 aliphatic carbocycles. The largest absolute Gasteiger partial charge is 0.393 e. The van der Waals surface area contributed by atoms with E-state index >= 15 is 0 Å². The minimum atomic E-state index is -0.278. The zero-order valence-corrected chi connectivity index (χ0v) is 19.5. The number of carbonyl (C=O) groups is 2. The first kappa shape index (κ1) is 22.0. The van der Waals surface area contributed by atoms with Crippen molar-refractivity contribution in [2.75, 3.05) is 0 Å². The molecule has 166 valence electrons. The summed E-state index contributed by atoms with van der Waals surface area (Å²) in [5, 5.41) is 10.2. The monoisotopic (exact) mass is 412 g/mol. The highest BCUT2D eigenvalue weighted by Gasteiger charge is 2.61. The Bertz CT molecular complexity index is 777. The molecule has 0 aliphatic heterocycles. The van der Waals surface area contributed by atoms with Gasteiger partial charge in [0.25, 0.3) is 0 Å². The lowest BCUT2D eigenvalue weighted by atomic mass is 9.46. The summed E-state index contributed by atoms with van der Waals surface area (Å²) in [5.74, 6) is 2.52. The van der Waals surface area contributed by atoms with Crippen molar-refractivity contribution < 1.29 is 14.7 Å². The van der Waals surface area contributed by atoms with Crippen LogP contribution in [0, 0.1) is 46.3 Å². The van der Waals surface area contributed by atoms with Gasteiger partial charge in [0.2, 0.25) is 0 Å². The average molecular weight is 413 g/mol. The summed E-state index contributed by atoms with van der Waals surface area (Å²) in [6.07, 6.45) is 12.7. The number of rotatable bonds is 4. The van der Waals surface area contributed by atoms with Gasteiger partial charge in [-0.2, -0.15) is 0 Å². The Morgan fingerprint density at radius 2 is 1.83 bits per heavy atom. The van der Waals surface area contributed by atoms with Gasteiger partial charge in [-0.15, -0.1) is 0 Å². The molecule has 3 nitrogen and oxygen atoms in total. The van der Waals surface area contributed by atoms with Crippen molar-refractivity contribution in [1.82, 2.24) is 0 Å². The maximum absolute atomic E-state index is 13.4. The molecule has 1 N–H and O–H groups in total. The van der Waals surface area contributed by atoms with Gasteiger partial charge >= 0.3 is 0 Å². The molecular weight excluding hydrogens is 372 g/mol. The fourth-order valence-electron chi connectivity index (χ4n) is 7.86. The van der Waals surface area contributed by atoms with Crippen molar-refractivity contribution in [3.05, 3.63) is 23.8 Å². The molecular formula is C27H40O3. The standard InChI is InChI=1S/C27H40O3/c1-16(2)23(29)9-6-17(3)20-7-8-21-25-22(11-13-27(20,21)5)26(4)12-10-19(28)14-18(26)15-24(25)30/h6,9,15-17,19-22,25,28H,7-8,10-14H2,1-5H3/b9-6+/t17-,19+,20-,21-,22+,25+,26+,27-/m1/s1. The number of carbonyl (C=O) groups excluding carboxylic acids is 2. The third-order valence-electron chi connectivity index (χ3n) is 9.76. The summed E-state index contributed by atoms with van der Waals surface area (Å²) >= 11 is 0. The molecule has 0 amide bonds. The van der Waals surface area contributed by atoms with Gasteiger partial charge in [0.05, 0.1) is 6.10 Å². The molecule has 0 aromatic heterocycles. The summed E-state index contributed by atoms with van der Waals surface area (Å²) < 4.78 is 0. The van der Waals surface area contributed by atoms with Crippen molar-refractivity contribution >= 4 is 11.6 Å². The van der Waals surface area contributed by atoms with Crippen LogP contribution in [0.5, 0.6) is 0 Å². The van der Waals surface area contributed by atoms with Crippen LogP contribution in [0.1, 0.15) is 79.6 Å². The fourth-order valence-corrected chi connectivity index (χ4v) is 7.86. The zero-order valence-electron chi connectivity index (χ0n) is 19.5. The van der Waals surface area contributed by atoms with E-state index in [0.717, 1.165) is 32.1 Å². The Kier molecular flexibility index (Phi) is 5.66. The first-order chi connectivity index (χ1) is 14.1. The second-order valence-electron chi connectivity index (χ2n) is 11.6. The van der Waals surface area contributed by atoms with E-state index < -0.39 is 0 Å². The molecule has 30 heavy (non-hydrogen) atoms. The van der Waals surface area contributed by atoms with Gasteiger partial charge in [-0.3, -0.25) is 9.59 Å². The predicted octanol–water partition coefficient (Wildman–Crippen LogP) is 5.52. The molecule has 0 radical (unpaired) electrons. The van der Waals surface area contributed by atoms with Crippen molar-refractivity contribution in [2.45, 2.75) is 85.7 Å². The number of ketones is 2.